The summed E-state index contributed by atoms with van der Waals surface area (Å²) in [5.74, 6) is 2.36. The number of nitrogens with zero attached hydrogens (tertiary/aromatic N) is 4. The topological polar surface area (TPSA) is 73.0 Å². The van der Waals surface area contributed by atoms with E-state index in [-0.39, 0.29) is 0 Å². The standard InChI is InChI=1S/C20H18N4O2/c1-12-23-19(15-6-13(9-21)10-22-11-15)20-16-8-18(26-3)17(25-2)7-14(16)4-5-24(12)20/h6-8,10-11H,4-5H2,1-3H3. The molecular weight excluding hydrogens is 328 g/mol. The highest BCUT2D eigenvalue weighted by Gasteiger charge is 2.26. The van der Waals surface area contributed by atoms with E-state index in [0.29, 0.717) is 11.3 Å². The summed E-state index contributed by atoms with van der Waals surface area (Å²) in [5.41, 5.74) is 5.49. The van der Waals surface area contributed by atoms with Gasteiger partial charge in [0.1, 0.15) is 11.9 Å². The van der Waals surface area contributed by atoms with Crippen LogP contribution < -0.4 is 9.47 Å². The molecule has 0 fully saturated rings. The van der Waals surface area contributed by atoms with Gasteiger partial charge in [0.05, 0.1) is 31.2 Å². The van der Waals surface area contributed by atoms with E-state index in [1.165, 1.54) is 5.56 Å². The summed E-state index contributed by atoms with van der Waals surface area (Å²) < 4.78 is 13.2. The molecule has 0 saturated carbocycles. The van der Waals surface area contributed by atoms with Crippen molar-refractivity contribution in [1.29, 1.82) is 5.26 Å². The molecular formula is C20H18N4O2. The van der Waals surface area contributed by atoms with Gasteiger partial charge in [-0.1, -0.05) is 0 Å². The van der Waals surface area contributed by atoms with Crippen LogP contribution in [0.15, 0.2) is 30.6 Å². The molecule has 2 aromatic heterocycles. The van der Waals surface area contributed by atoms with Gasteiger partial charge in [-0.2, -0.15) is 5.26 Å². The molecule has 0 saturated heterocycles. The van der Waals surface area contributed by atoms with Crippen molar-refractivity contribution >= 4 is 0 Å². The Morgan fingerprint density at radius 2 is 1.88 bits per heavy atom. The van der Waals surface area contributed by atoms with Gasteiger partial charge in [-0.15, -0.1) is 0 Å². The summed E-state index contributed by atoms with van der Waals surface area (Å²) in [6.45, 7) is 2.85. The highest BCUT2D eigenvalue weighted by molar-refractivity contribution is 5.83. The number of aromatic nitrogens is 3. The fraction of sp³-hybridized carbons (Fsp3) is 0.250. The van der Waals surface area contributed by atoms with Crippen LogP contribution in [0.3, 0.4) is 0 Å². The first-order valence-corrected chi connectivity index (χ1v) is 8.34. The van der Waals surface area contributed by atoms with Crippen LogP contribution in [0.4, 0.5) is 0 Å². The van der Waals surface area contributed by atoms with Gasteiger partial charge in [0, 0.05) is 30.1 Å². The minimum absolute atomic E-state index is 0.519. The molecule has 6 nitrogen and oxygen atoms in total. The van der Waals surface area contributed by atoms with Crippen LogP contribution in [0.1, 0.15) is 17.0 Å². The fourth-order valence-electron chi connectivity index (χ4n) is 3.52. The third kappa shape index (κ3) is 2.40. The number of benzene rings is 1. The Hall–Kier alpha value is -3.33. The quantitative estimate of drug-likeness (QED) is 0.727. The van der Waals surface area contributed by atoms with Crippen molar-refractivity contribution in [2.45, 2.75) is 19.9 Å². The summed E-state index contributed by atoms with van der Waals surface area (Å²) in [5, 5.41) is 9.19. The maximum Gasteiger partial charge on any atom is 0.161 e. The molecule has 1 aliphatic rings. The predicted molar refractivity (Wildman–Crippen MR) is 97.2 cm³/mol. The monoisotopic (exact) mass is 346 g/mol. The summed E-state index contributed by atoms with van der Waals surface area (Å²) in [4.78, 5) is 8.97. The first-order valence-electron chi connectivity index (χ1n) is 8.34. The van der Waals surface area contributed by atoms with E-state index in [2.05, 4.69) is 15.6 Å². The number of methoxy groups -OCH3 is 2. The third-order valence-electron chi connectivity index (χ3n) is 4.77. The van der Waals surface area contributed by atoms with E-state index >= 15 is 0 Å². The average molecular weight is 346 g/mol. The SMILES string of the molecule is COc1cc2c(cc1OC)-c1c(-c3cncc(C#N)c3)nc(C)n1CC2. The molecule has 1 aromatic carbocycles. The highest BCUT2D eigenvalue weighted by Crippen LogP contribution is 2.42. The van der Waals surface area contributed by atoms with E-state index in [9.17, 15) is 5.26 Å². The van der Waals surface area contributed by atoms with E-state index in [1.54, 1.807) is 26.6 Å². The Morgan fingerprint density at radius 1 is 1.12 bits per heavy atom. The zero-order chi connectivity index (χ0) is 18.3. The van der Waals surface area contributed by atoms with Gasteiger partial charge >= 0.3 is 0 Å². The molecule has 6 heteroatoms. The van der Waals surface area contributed by atoms with E-state index in [0.717, 1.165) is 47.1 Å². The second-order valence-electron chi connectivity index (χ2n) is 6.20. The van der Waals surface area contributed by atoms with Crippen LogP contribution in [0.5, 0.6) is 11.5 Å². The summed E-state index contributed by atoms with van der Waals surface area (Å²) in [6, 6.07) is 8.01. The minimum Gasteiger partial charge on any atom is -0.493 e. The Balaban J connectivity index is 1.97. The largest absolute Gasteiger partial charge is 0.493 e. The number of imidazole rings is 1. The Kier molecular flexibility index (Phi) is 3.85. The predicted octanol–water partition coefficient (Wildman–Crippen LogP) is 3.37. The minimum atomic E-state index is 0.519. The fourth-order valence-corrected chi connectivity index (χ4v) is 3.52. The van der Waals surface area contributed by atoms with Gasteiger partial charge in [0.2, 0.25) is 0 Å². The molecule has 1 aliphatic heterocycles. The number of nitriles is 1. The number of hydrogen-bond donors (Lipinski definition) is 0. The number of ether oxygens (including phenoxy) is 2. The number of hydrogen-bond acceptors (Lipinski definition) is 5. The molecule has 0 radical (unpaired) electrons. The van der Waals surface area contributed by atoms with Crippen molar-refractivity contribution < 1.29 is 9.47 Å². The van der Waals surface area contributed by atoms with Crippen LogP contribution in [-0.2, 0) is 13.0 Å². The number of rotatable bonds is 3. The van der Waals surface area contributed by atoms with Gasteiger partial charge in [-0.05, 0) is 37.1 Å². The molecule has 0 spiro atoms. The van der Waals surface area contributed by atoms with Crippen molar-refractivity contribution in [3.63, 3.8) is 0 Å². The third-order valence-corrected chi connectivity index (χ3v) is 4.77. The molecule has 130 valence electrons. The molecule has 0 bridgehead atoms. The van der Waals surface area contributed by atoms with Crippen molar-refractivity contribution in [3.05, 3.63) is 47.5 Å². The van der Waals surface area contributed by atoms with Gasteiger partial charge < -0.3 is 14.0 Å². The lowest BCUT2D eigenvalue weighted by Crippen LogP contribution is -2.12. The van der Waals surface area contributed by atoms with Gasteiger partial charge in [0.25, 0.3) is 0 Å². The molecule has 26 heavy (non-hydrogen) atoms. The zero-order valence-electron chi connectivity index (χ0n) is 14.9. The lowest BCUT2D eigenvalue weighted by atomic mass is 9.94. The second-order valence-corrected chi connectivity index (χ2v) is 6.20. The normalized spacial score (nSPS) is 12.1. The second kappa shape index (κ2) is 6.19. The zero-order valence-corrected chi connectivity index (χ0v) is 14.9. The summed E-state index contributed by atoms with van der Waals surface area (Å²) >= 11 is 0. The molecule has 3 heterocycles. The van der Waals surface area contributed by atoms with Crippen LogP contribution >= 0.6 is 0 Å². The number of pyridine rings is 1. The Labute approximate surface area is 151 Å². The van der Waals surface area contributed by atoms with Crippen molar-refractivity contribution in [1.82, 2.24) is 14.5 Å². The van der Waals surface area contributed by atoms with E-state index in [4.69, 9.17) is 14.5 Å². The number of fused-ring (bicyclic) bond motifs is 3. The Morgan fingerprint density at radius 3 is 2.62 bits per heavy atom. The number of aryl methyl sites for hydroxylation is 2. The molecule has 0 atom stereocenters. The van der Waals surface area contributed by atoms with Crippen molar-refractivity contribution in [2.24, 2.45) is 0 Å². The molecule has 0 amide bonds. The average Bonchev–Trinajstić information content (AvgIpc) is 3.03. The van der Waals surface area contributed by atoms with Gasteiger partial charge in [-0.25, -0.2) is 4.98 Å². The maximum atomic E-state index is 9.19. The van der Waals surface area contributed by atoms with E-state index < -0.39 is 0 Å². The van der Waals surface area contributed by atoms with Crippen LogP contribution in [0.25, 0.3) is 22.5 Å². The lowest BCUT2D eigenvalue weighted by molar-refractivity contribution is 0.354. The summed E-state index contributed by atoms with van der Waals surface area (Å²) in [7, 11) is 3.28. The van der Waals surface area contributed by atoms with Gasteiger partial charge in [0.15, 0.2) is 11.5 Å². The molecule has 4 rings (SSSR count). The van der Waals surface area contributed by atoms with E-state index in [1.807, 2.05) is 25.1 Å². The maximum absolute atomic E-state index is 9.19. The molecule has 0 unspecified atom stereocenters. The Bertz CT molecular complexity index is 1050. The van der Waals surface area contributed by atoms with Crippen LogP contribution in [0, 0.1) is 18.3 Å². The smallest absolute Gasteiger partial charge is 0.161 e. The molecule has 0 aliphatic carbocycles. The molecule has 0 N–H and O–H groups in total. The lowest BCUT2D eigenvalue weighted by Gasteiger charge is -2.22. The van der Waals surface area contributed by atoms with Crippen LogP contribution in [-0.4, -0.2) is 28.8 Å². The van der Waals surface area contributed by atoms with Crippen LogP contribution in [0.2, 0.25) is 0 Å². The molecule has 3 aromatic rings. The van der Waals surface area contributed by atoms with Gasteiger partial charge in [-0.3, -0.25) is 4.98 Å². The first kappa shape index (κ1) is 16.2. The summed E-state index contributed by atoms with van der Waals surface area (Å²) in [6.07, 6.45) is 4.20. The van der Waals surface area contributed by atoms with Crippen molar-refractivity contribution in [2.75, 3.05) is 14.2 Å². The first-order chi connectivity index (χ1) is 12.7. The van der Waals surface area contributed by atoms with Crippen molar-refractivity contribution in [3.8, 4) is 40.1 Å². The highest BCUT2D eigenvalue weighted by atomic mass is 16.5.